The van der Waals surface area contributed by atoms with Crippen molar-refractivity contribution >= 4 is 52.1 Å². The monoisotopic (exact) mass is 389 g/mol. The number of anilines is 2. The summed E-state index contributed by atoms with van der Waals surface area (Å²) in [6.07, 6.45) is 0.208. The minimum atomic E-state index is -0.217. The Morgan fingerprint density at radius 3 is 2.04 bits per heavy atom. The second-order valence-corrected chi connectivity index (χ2v) is 6.87. The van der Waals surface area contributed by atoms with Crippen molar-refractivity contribution < 1.29 is 9.59 Å². The van der Waals surface area contributed by atoms with Crippen molar-refractivity contribution in [2.24, 2.45) is 5.92 Å². The van der Waals surface area contributed by atoms with Crippen molar-refractivity contribution in [2.45, 2.75) is 20.3 Å². The summed E-state index contributed by atoms with van der Waals surface area (Å²) in [4.78, 5) is 23.7. The first-order valence-electron chi connectivity index (χ1n) is 8.09. The highest BCUT2D eigenvalue weighted by Gasteiger charge is 2.08. The van der Waals surface area contributed by atoms with Crippen LogP contribution in [0.2, 0.25) is 5.02 Å². The van der Waals surface area contributed by atoms with Crippen LogP contribution in [0.1, 0.15) is 19.4 Å². The van der Waals surface area contributed by atoms with Gasteiger partial charge in [-0.25, -0.2) is 0 Å². The molecular formula is C19H20ClN3O2S. The van der Waals surface area contributed by atoms with Gasteiger partial charge in [0.15, 0.2) is 5.11 Å². The number of halogens is 1. The van der Waals surface area contributed by atoms with Gasteiger partial charge in [-0.3, -0.25) is 9.59 Å². The predicted molar refractivity (Wildman–Crippen MR) is 109 cm³/mol. The smallest absolute Gasteiger partial charge is 0.230 e. The molecule has 0 bridgehead atoms. The fraction of sp³-hybridized carbons (Fsp3) is 0.211. The Labute approximate surface area is 163 Å². The predicted octanol–water partition coefficient (Wildman–Crippen LogP) is 3.99. The van der Waals surface area contributed by atoms with Crippen LogP contribution in [-0.2, 0) is 16.0 Å². The molecule has 2 aromatic rings. The maximum atomic E-state index is 12.0. The first-order chi connectivity index (χ1) is 12.3. The molecule has 0 saturated carbocycles. The van der Waals surface area contributed by atoms with Crippen LogP contribution in [0.4, 0.5) is 11.4 Å². The number of hydrogen-bond donors (Lipinski definition) is 3. The Bertz CT molecular complexity index is 789. The number of nitrogens with one attached hydrogen (secondary N) is 3. The number of carbonyl (C=O) groups is 2. The molecule has 0 radical (unpaired) electrons. The molecule has 2 rings (SSSR count). The average Bonchev–Trinajstić information content (AvgIpc) is 2.58. The lowest BCUT2D eigenvalue weighted by Crippen LogP contribution is -2.35. The maximum Gasteiger partial charge on any atom is 0.230 e. The first-order valence-corrected chi connectivity index (χ1v) is 8.88. The molecule has 0 aliphatic rings. The van der Waals surface area contributed by atoms with E-state index in [1.807, 2.05) is 13.8 Å². The highest BCUT2D eigenvalue weighted by Crippen LogP contribution is 2.14. The molecule has 0 atom stereocenters. The number of amides is 2. The van der Waals surface area contributed by atoms with E-state index >= 15 is 0 Å². The van der Waals surface area contributed by atoms with Crippen LogP contribution in [0.25, 0.3) is 0 Å². The summed E-state index contributed by atoms with van der Waals surface area (Å²) in [6, 6.07) is 14.1. The third kappa shape index (κ3) is 6.46. The third-order valence-corrected chi connectivity index (χ3v) is 3.92. The van der Waals surface area contributed by atoms with Gasteiger partial charge in [0.05, 0.1) is 6.42 Å². The number of rotatable bonds is 5. The molecule has 3 N–H and O–H groups in total. The van der Waals surface area contributed by atoms with Gasteiger partial charge in [-0.05, 0) is 54.2 Å². The van der Waals surface area contributed by atoms with Crippen LogP contribution in [0, 0.1) is 5.92 Å². The van der Waals surface area contributed by atoms with Gasteiger partial charge >= 0.3 is 0 Å². The topological polar surface area (TPSA) is 70.2 Å². The van der Waals surface area contributed by atoms with Crippen molar-refractivity contribution in [3.05, 3.63) is 59.1 Å². The Morgan fingerprint density at radius 1 is 0.962 bits per heavy atom. The highest BCUT2D eigenvalue weighted by atomic mass is 35.5. The molecule has 2 amide bonds. The van der Waals surface area contributed by atoms with Crippen LogP contribution in [-0.4, -0.2) is 16.9 Å². The van der Waals surface area contributed by atoms with Gasteiger partial charge in [0.25, 0.3) is 0 Å². The summed E-state index contributed by atoms with van der Waals surface area (Å²) in [6.45, 7) is 3.66. The zero-order valence-electron chi connectivity index (χ0n) is 14.5. The second kappa shape index (κ2) is 9.31. The van der Waals surface area contributed by atoms with Crippen molar-refractivity contribution in [3.63, 3.8) is 0 Å². The van der Waals surface area contributed by atoms with E-state index < -0.39 is 0 Å². The van der Waals surface area contributed by atoms with Crippen LogP contribution >= 0.6 is 23.8 Å². The van der Waals surface area contributed by atoms with E-state index in [4.69, 9.17) is 23.8 Å². The standard InChI is InChI=1S/C19H20ClN3O2S/c1-12(2)18(25)21-15-7-9-16(10-8-15)22-19(26)23-17(24)11-13-3-5-14(20)6-4-13/h3-10,12H,11H2,1-2H3,(H,21,25)(H2,22,23,24,26). The fourth-order valence-corrected chi connectivity index (χ4v) is 2.40. The lowest BCUT2D eigenvalue weighted by Gasteiger charge is -2.11. The average molecular weight is 390 g/mol. The summed E-state index contributed by atoms with van der Waals surface area (Å²) in [7, 11) is 0. The van der Waals surface area contributed by atoms with E-state index in [1.54, 1.807) is 48.5 Å². The zero-order chi connectivity index (χ0) is 19.1. The Hall–Kier alpha value is -2.44. The first kappa shape index (κ1) is 19.9. The normalized spacial score (nSPS) is 10.3. The summed E-state index contributed by atoms with van der Waals surface area (Å²) in [5.41, 5.74) is 2.26. The van der Waals surface area contributed by atoms with Gasteiger partial charge in [0, 0.05) is 22.3 Å². The molecule has 0 fully saturated rings. The molecular weight excluding hydrogens is 370 g/mol. The van der Waals surface area contributed by atoms with E-state index in [9.17, 15) is 9.59 Å². The lowest BCUT2D eigenvalue weighted by atomic mass is 10.1. The van der Waals surface area contributed by atoms with Crippen LogP contribution in [0.5, 0.6) is 0 Å². The largest absolute Gasteiger partial charge is 0.332 e. The van der Waals surface area contributed by atoms with Crippen molar-refractivity contribution in [1.82, 2.24) is 5.32 Å². The van der Waals surface area contributed by atoms with Gasteiger partial charge in [0.1, 0.15) is 0 Å². The summed E-state index contributed by atoms with van der Waals surface area (Å²) in [5.74, 6) is -0.349. The summed E-state index contributed by atoms with van der Waals surface area (Å²) < 4.78 is 0. The number of carbonyl (C=O) groups excluding carboxylic acids is 2. The maximum absolute atomic E-state index is 12.0. The van der Waals surface area contributed by atoms with Crippen LogP contribution in [0.15, 0.2) is 48.5 Å². The van der Waals surface area contributed by atoms with Crippen LogP contribution < -0.4 is 16.0 Å². The Balaban J connectivity index is 1.84. The molecule has 136 valence electrons. The molecule has 26 heavy (non-hydrogen) atoms. The van der Waals surface area contributed by atoms with E-state index in [0.29, 0.717) is 16.4 Å². The van der Waals surface area contributed by atoms with E-state index in [0.717, 1.165) is 5.56 Å². The van der Waals surface area contributed by atoms with Crippen molar-refractivity contribution in [2.75, 3.05) is 10.6 Å². The van der Waals surface area contributed by atoms with Crippen LogP contribution in [0.3, 0.4) is 0 Å². The molecule has 5 nitrogen and oxygen atoms in total. The number of hydrogen-bond acceptors (Lipinski definition) is 3. The molecule has 0 spiro atoms. The minimum Gasteiger partial charge on any atom is -0.332 e. The number of thiocarbonyl (C=S) groups is 1. The minimum absolute atomic E-state index is 0.0457. The second-order valence-electron chi connectivity index (χ2n) is 6.03. The Kier molecular flexibility index (Phi) is 7.12. The van der Waals surface area contributed by atoms with Gasteiger partial charge in [-0.15, -0.1) is 0 Å². The molecule has 0 saturated heterocycles. The number of benzene rings is 2. The zero-order valence-corrected chi connectivity index (χ0v) is 16.1. The molecule has 0 aliphatic heterocycles. The fourth-order valence-electron chi connectivity index (χ4n) is 2.04. The van der Waals surface area contributed by atoms with E-state index in [1.165, 1.54) is 0 Å². The van der Waals surface area contributed by atoms with E-state index in [2.05, 4.69) is 16.0 Å². The molecule has 0 unspecified atom stereocenters. The van der Waals surface area contributed by atoms with Crippen molar-refractivity contribution in [1.29, 1.82) is 0 Å². The quantitative estimate of drug-likeness (QED) is 0.676. The summed E-state index contributed by atoms with van der Waals surface area (Å²) >= 11 is 11.0. The van der Waals surface area contributed by atoms with Crippen molar-refractivity contribution in [3.8, 4) is 0 Å². The van der Waals surface area contributed by atoms with Gasteiger partial charge in [0.2, 0.25) is 11.8 Å². The molecule has 2 aromatic carbocycles. The molecule has 0 aromatic heterocycles. The lowest BCUT2D eigenvalue weighted by molar-refractivity contribution is -0.119. The third-order valence-electron chi connectivity index (χ3n) is 3.47. The van der Waals surface area contributed by atoms with Gasteiger partial charge < -0.3 is 16.0 Å². The molecule has 0 heterocycles. The molecule has 7 heteroatoms. The van der Waals surface area contributed by atoms with Gasteiger partial charge in [-0.1, -0.05) is 37.6 Å². The Morgan fingerprint density at radius 2 is 1.50 bits per heavy atom. The highest BCUT2D eigenvalue weighted by molar-refractivity contribution is 7.80. The van der Waals surface area contributed by atoms with Gasteiger partial charge in [-0.2, -0.15) is 0 Å². The van der Waals surface area contributed by atoms with E-state index in [-0.39, 0.29) is 29.3 Å². The SMILES string of the molecule is CC(C)C(=O)Nc1ccc(NC(=S)NC(=O)Cc2ccc(Cl)cc2)cc1. The summed E-state index contributed by atoms with van der Waals surface area (Å²) in [5, 5.41) is 9.21. The molecule has 0 aliphatic carbocycles.